The summed E-state index contributed by atoms with van der Waals surface area (Å²) in [6.45, 7) is 8.31. The first-order chi connectivity index (χ1) is 17.9. The Balaban J connectivity index is 1.35. The van der Waals surface area contributed by atoms with Crippen LogP contribution in [-0.2, 0) is 16.6 Å². The summed E-state index contributed by atoms with van der Waals surface area (Å²) in [7, 11) is 3.69. The molecule has 5 fully saturated rings. The number of nitrogens with two attached hydrogens (primary N) is 1. The van der Waals surface area contributed by atoms with Gasteiger partial charge in [-0.05, 0) is 87.9 Å². The van der Waals surface area contributed by atoms with Crippen molar-refractivity contribution in [3.8, 4) is 11.5 Å². The Morgan fingerprint density at radius 2 is 2.11 bits per heavy atom. The van der Waals surface area contributed by atoms with Crippen molar-refractivity contribution >= 4 is 28.1 Å². The summed E-state index contributed by atoms with van der Waals surface area (Å²) in [6.07, 6.45) is 8.52. The van der Waals surface area contributed by atoms with Crippen LogP contribution in [0.15, 0.2) is 29.4 Å². The Morgan fingerprint density at radius 3 is 2.81 bits per heavy atom. The number of likely N-dealkylation sites (tertiary alicyclic amines) is 1. The maximum absolute atomic E-state index is 7.13. The molecule has 1 aromatic carbocycles. The molecule has 7 aliphatic rings. The number of aliphatic imine (C=N–C) groups is 1. The molecule has 1 saturated heterocycles. The predicted octanol–water partition coefficient (Wildman–Crippen LogP) is 5.15. The summed E-state index contributed by atoms with van der Waals surface area (Å²) < 4.78 is 20.5. The zero-order valence-electron chi connectivity index (χ0n) is 22.3. The van der Waals surface area contributed by atoms with E-state index in [1.54, 1.807) is 18.9 Å². The number of ether oxygens (including phenoxy) is 3. The molecule has 8 heteroatoms. The molecule has 0 aromatic heterocycles. The van der Waals surface area contributed by atoms with Gasteiger partial charge >= 0.3 is 0 Å². The van der Waals surface area contributed by atoms with Crippen LogP contribution in [0.4, 0.5) is 0 Å². The van der Waals surface area contributed by atoms with Gasteiger partial charge in [-0.1, -0.05) is 24.4 Å². The van der Waals surface area contributed by atoms with Gasteiger partial charge in [0.05, 0.1) is 7.11 Å². The first kappa shape index (κ1) is 24.8. The van der Waals surface area contributed by atoms with Crippen molar-refractivity contribution in [2.45, 2.75) is 75.0 Å². The highest BCUT2D eigenvalue weighted by Gasteiger charge is 2.80. The van der Waals surface area contributed by atoms with Gasteiger partial charge in [-0.25, -0.2) is 4.99 Å². The minimum absolute atomic E-state index is 0.00183. The lowest BCUT2D eigenvalue weighted by Gasteiger charge is -2.74. The molecule has 8 rings (SSSR count). The molecule has 2 aliphatic heterocycles. The van der Waals surface area contributed by atoms with Crippen LogP contribution >= 0.6 is 23.7 Å². The van der Waals surface area contributed by atoms with Crippen molar-refractivity contribution in [1.29, 1.82) is 0 Å². The van der Waals surface area contributed by atoms with Crippen LogP contribution in [0.1, 0.15) is 56.6 Å². The number of hydrogen-bond donors (Lipinski definition) is 1. The zero-order valence-corrected chi connectivity index (χ0v) is 23.9. The molecular formula is C29H39N3O3S2. The number of benzene rings is 1. The van der Waals surface area contributed by atoms with E-state index >= 15 is 0 Å². The molecule has 0 radical (unpaired) electrons. The molecule has 37 heavy (non-hydrogen) atoms. The van der Waals surface area contributed by atoms with Crippen molar-refractivity contribution in [2.24, 2.45) is 27.4 Å². The van der Waals surface area contributed by atoms with E-state index in [0.29, 0.717) is 12.0 Å². The normalized spacial score (nSPS) is 39.4. The second-order valence-electron chi connectivity index (χ2n) is 12.3. The fraction of sp³-hybridized carbons (Fsp3) is 0.690. The molecule has 200 valence electrons. The van der Waals surface area contributed by atoms with Gasteiger partial charge in [-0.2, -0.15) is 0 Å². The summed E-state index contributed by atoms with van der Waals surface area (Å²) in [5, 5.41) is 6.00. The van der Waals surface area contributed by atoms with E-state index < -0.39 is 0 Å². The van der Waals surface area contributed by atoms with Crippen LogP contribution in [0, 0.1) is 17.3 Å². The highest BCUT2D eigenvalue weighted by Crippen LogP contribution is 2.77. The fourth-order valence-corrected chi connectivity index (χ4v) is 11.0. The summed E-state index contributed by atoms with van der Waals surface area (Å²) in [5.41, 5.74) is 3.61. The van der Waals surface area contributed by atoms with E-state index in [2.05, 4.69) is 28.6 Å². The molecule has 2 spiro atoms. The molecule has 2 N–H and O–H groups in total. The molecular weight excluding hydrogens is 502 g/mol. The quantitative estimate of drug-likeness (QED) is 0.291. The van der Waals surface area contributed by atoms with Crippen molar-refractivity contribution in [3.63, 3.8) is 0 Å². The van der Waals surface area contributed by atoms with Crippen LogP contribution in [0.25, 0.3) is 0 Å². The molecule has 5 aliphatic carbocycles. The number of hydrogen-bond acceptors (Lipinski definition) is 8. The van der Waals surface area contributed by atoms with E-state index in [1.165, 1.54) is 55.3 Å². The van der Waals surface area contributed by atoms with Gasteiger partial charge in [0.1, 0.15) is 16.1 Å². The zero-order chi connectivity index (χ0) is 25.6. The summed E-state index contributed by atoms with van der Waals surface area (Å²) >= 11 is 2.99. The Hall–Kier alpha value is -1.19. The van der Waals surface area contributed by atoms with E-state index in [0.717, 1.165) is 59.0 Å². The number of rotatable bonds is 7. The molecule has 0 amide bonds. The lowest BCUT2D eigenvalue weighted by molar-refractivity contribution is -0.273. The van der Waals surface area contributed by atoms with Gasteiger partial charge in [0.25, 0.3) is 0 Å². The first-order valence-electron chi connectivity index (χ1n) is 13.8. The molecule has 6 atom stereocenters. The predicted molar refractivity (Wildman–Crippen MR) is 151 cm³/mol. The van der Waals surface area contributed by atoms with E-state index in [-0.39, 0.29) is 22.5 Å². The third-order valence-corrected chi connectivity index (χ3v) is 12.6. The average molecular weight is 542 g/mol. The number of nitrogens with zero attached hydrogens (tertiary/aromatic N) is 2. The van der Waals surface area contributed by atoms with Crippen LogP contribution in [-0.4, -0.2) is 60.1 Å². The number of allylic oxidation sites excluding steroid dienone is 1. The topological polar surface area (TPSA) is 69.3 Å². The molecule has 2 heterocycles. The van der Waals surface area contributed by atoms with Crippen molar-refractivity contribution in [3.05, 3.63) is 35.5 Å². The Morgan fingerprint density at radius 1 is 1.27 bits per heavy atom. The standard InChI is InChI=1S/C29H39N3O3S2/c1-17(2)31-26(37-30)36-16-20-14-27-9-10-29(20,34-4)25-28(27)11-12-32(15-18-5-6-18)22(27)13-19-7-8-21(33-3)24(35-25)23(19)28/h7-8,18,20,22,25H,1,5-6,9-16,30H2,2-4H3/b31-26-/t20-,22-,25-,27-,28?,29-/m1/s1. The van der Waals surface area contributed by atoms with Crippen LogP contribution in [0.2, 0.25) is 0 Å². The molecule has 4 bridgehead atoms. The molecule has 4 saturated carbocycles. The van der Waals surface area contributed by atoms with Crippen molar-refractivity contribution < 1.29 is 14.2 Å². The Kier molecular flexibility index (Phi) is 5.81. The highest BCUT2D eigenvalue weighted by atomic mass is 32.2. The Labute approximate surface area is 229 Å². The van der Waals surface area contributed by atoms with Gasteiger partial charge in [0.2, 0.25) is 0 Å². The first-order valence-corrected chi connectivity index (χ1v) is 15.7. The fourth-order valence-electron chi connectivity index (χ4n) is 9.31. The van der Waals surface area contributed by atoms with Crippen LogP contribution in [0.3, 0.4) is 0 Å². The van der Waals surface area contributed by atoms with Crippen molar-refractivity contribution in [1.82, 2.24) is 4.90 Å². The van der Waals surface area contributed by atoms with Crippen molar-refractivity contribution in [2.75, 3.05) is 33.1 Å². The minimum atomic E-state index is -0.329. The lowest BCUT2D eigenvalue weighted by Crippen LogP contribution is -2.81. The SMILES string of the molecule is C=C(C)/N=C(\SN)SC[C@H]1C[C@@]23CC[C@]1(OC)[C@@H]1Oc4c(OC)ccc5c4C12CCN(CC1CC1)[C@@H]3C5. The number of thioether (sulfide) groups is 1. The Bertz CT molecular complexity index is 1170. The van der Waals surface area contributed by atoms with Gasteiger partial charge < -0.3 is 14.2 Å². The maximum atomic E-state index is 7.13. The monoisotopic (exact) mass is 541 g/mol. The van der Waals surface area contributed by atoms with Gasteiger partial charge in [0.15, 0.2) is 11.5 Å². The van der Waals surface area contributed by atoms with Gasteiger partial charge in [-0.3, -0.25) is 10.0 Å². The van der Waals surface area contributed by atoms with Gasteiger partial charge in [-0.15, -0.1) is 0 Å². The largest absolute Gasteiger partial charge is 0.493 e. The number of piperidine rings is 1. The maximum Gasteiger partial charge on any atom is 0.165 e. The highest BCUT2D eigenvalue weighted by molar-refractivity contribution is 8.38. The van der Waals surface area contributed by atoms with E-state index in [9.17, 15) is 0 Å². The number of methoxy groups -OCH3 is 2. The number of fused-ring (bicyclic) bond motifs is 2. The third-order valence-electron chi connectivity index (χ3n) is 10.8. The lowest BCUT2D eigenvalue weighted by atomic mass is 9.35. The second kappa shape index (κ2) is 8.65. The average Bonchev–Trinajstić information content (AvgIpc) is 3.64. The molecule has 1 unspecified atom stereocenters. The van der Waals surface area contributed by atoms with Crippen LogP contribution < -0.4 is 14.6 Å². The second-order valence-corrected chi connectivity index (χ2v) is 14.2. The van der Waals surface area contributed by atoms with E-state index in [4.69, 9.17) is 19.3 Å². The molecule has 6 nitrogen and oxygen atoms in total. The molecule has 1 aromatic rings. The van der Waals surface area contributed by atoms with E-state index in [1.807, 2.05) is 14.0 Å². The summed E-state index contributed by atoms with van der Waals surface area (Å²) in [5.74, 6) is 4.07. The minimum Gasteiger partial charge on any atom is -0.493 e. The third kappa shape index (κ3) is 3.22. The smallest absolute Gasteiger partial charge is 0.165 e. The summed E-state index contributed by atoms with van der Waals surface area (Å²) in [6, 6.07) is 5.03. The van der Waals surface area contributed by atoms with Gasteiger partial charge in [0, 0.05) is 53.5 Å². The summed E-state index contributed by atoms with van der Waals surface area (Å²) in [4.78, 5) is 7.49. The van der Waals surface area contributed by atoms with Crippen LogP contribution in [0.5, 0.6) is 11.5 Å².